The van der Waals surface area contributed by atoms with Crippen molar-refractivity contribution in [2.45, 2.75) is 44.6 Å². The van der Waals surface area contributed by atoms with Gasteiger partial charge in [-0.25, -0.2) is 0 Å². The SMILES string of the molecule is COCCN(C(=O)c1n[nH]c(C2CC2)c1N)C(C)C1CC1. The summed E-state index contributed by atoms with van der Waals surface area (Å²) in [5.74, 6) is 0.994. The second-order valence-corrected chi connectivity index (χ2v) is 6.24. The minimum atomic E-state index is -0.0768. The van der Waals surface area contributed by atoms with Crippen LogP contribution in [0.3, 0.4) is 0 Å². The van der Waals surface area contributed by atoms with Gasteiger partial charge in [-0.15, -0.1) is 0 Å². The van der Waals surface area contributed by atoms with Gasteiger partial charge in [0, 0.05) is 25.6 Å². The quantitative estimate of drug-likeness (QED) is 0.802. The maximum atomic E-state index is 12.8. The lowest BCUT2D eigenvalue weighted by Gasteiger charge is -2.28. The second kappa shape index (κ2) is 5.67. The summed E-state index contributed by atoms with van der Waals surface area (Å²) in [6.45, 7) is 3.22. The first-order valence-electron chi connectivity index (χ1n) is 7.77. The Morgan fingerprint density at radius 3 is 2.76 bits per heavy atom. The molecule has 1 unspecified atom stereocenters. The summed E-state index contributed by atoms with van der Waals surface area (Å²) in [4.78, 5) is 14.7. The van der Waals surface area contributed by atoms with Crippen molar-refractivity contribution in [3.63, 3.8) is 0 Å². The van der Waals surface area contributed by atoms with Crippen molar-refractivity contribution in [2.75, 3.05) is 26.0 Å². The molecule has 1 aromatic rings. The highest BCUT2D eigenvalue weighted by atomic mass is 16.5. The largest absolute Gasteiger partial charge is 0.395 e. The lowest BCUT2D eigenvalue weighted by atomic mass is 10.1. The van der Waals surface area contributed by atoms with Gasteiger partial charge in [-0.1, -0.05) is 0 Å². The molecule has 6 nitrogen and oxygen atoms in total. The van der Waals surface area contributed by atoms with Crippen LogP contribution in [0.2, 0.25) is 0 Å². The first-order chi connectivity index (χ1) is 10.1. The number of aromatic amines is 1. The summed E-state index contributed by atoms with van der Waals surface area (Å²) in [7, 11) is 1.65. The fraction of sp³-hybridized carbons (Fsp3) is 0.733. The Balaban J connectivity index is 1.78. The van der Waals surface area contributed by atoms with Gasteiger partial charge < -0.3 is 15.4 Å². The highest BCUT2D eigenvalue weighted by Crippen LogP contribution is 2.42. The summed E-state index contributed by atoms with van der Waals surface area (Å²) >= 11 is 0. The van der Waals surface area contributed by atoms with Gasteiger partial charge >= 0.3 is 0 Å². The zero-order chi connectivity index (χ0) is 15.0. The Morgan fingerprint density at radius 2 is 2.19 bits per heavy atom. The van der Waals surface area contributed by atoms with Crippen LogP contribution in [0.25, 0.3) is 0 Å². The highest BCUT2D eigenvalue weighted by Gasteiger charge is 2.37. The van der Waals surface area contributed by atoms with E-state index in [1.165, 1.54) is 12.8 Å². The molecule has 2 saturated carbocycles. The average Bonchev–Trinajstić information content (AvgIpc) is 3.37. The number of hydrogen-bond donors (Lipinski definition) is 2. The summed E-state index contributed by atoms with van der Waals surface area (Å²) in [6, 6.07) is 0.216. The Hall–Kier alpha value is -1.56. The fourth-order valence-corrected chi connectivity index (χ4v) is 2.86. The van der Waals surface area contributed by atoms with Crippen LogP contribution in [-0.4, -0.2) is 47.3 Å². The number of amides is 1. The van der Waals surface area contributed by atoms with Crippen LogP contribution in [0.4, 0.5) is 5.69 Å². The van der Waals surface area contributed by atoms with Gasteiger partial charge in [0.2, 0.25) is 0 Å². The molecule has 0 aromatic carbocycles. The average molecular weight is 292 g/mol. The Bertz CT molecular complexity index is 520. The van der Waals surface area contributed by atoms with Crippen molar-refractivity contribution in [1.29, 1.82) is 0 Å². The maximum Gasteiger partial charge on any atom is 0.276 e. The first-order valence-corrected chi connectivity index (χ1v) is 7.77. The normalized spacial score (nSPS) is 19.5. The molecule has 2 aliphatic carbocycles. The number of carbonyl (C=O) groups excluding carboxylic acids is 1. The molecule has 2 aliphatic rings. The molecule has 0 aliphatic heterocycles. The lowest BCUT2D eigenvalue weighted by molar-refractivity contribution is 0.0590. The van der Waals surface area contributed by atoms with Crippen LogP contribution >= 0.6 is 0 Å². The molecule has 0 spiro atoms. The number of anilines is 1. The molecule has 116 valence electrons. The van der Waals surface area contributed by atoms with Crippen LogP contribution in [0.1, 0.15) is 54.7 Å². The molecule has 2 fully saturated rings. The number of carbonyl (C=O) groups is 1. The van der Waals surface area contributed by atoms with E-state index in [1.54, 1.807) is 7.11 Å². The van der Waals surface area contributed by atoms with Crippen LogP contribution in [0.15, 0.2) is 0 Å². The van der Waals surface area contributed by atoms with E-state index in [-0.39, 0.29) is 11.9 Å². The number of rotatable bonds is 7. The zero-order valence-electron chi connectivity index (χ0n) is 12.8. The molecule has 6 heteroatoms. The van der Waals surface area contributed by atoms with Crippen LogP contribution in [0, 0.1) is 5.92 Å². The second-order valence-electron chi connectivity index (χ2n) is 6.24. The number of nitrogens with two attached hydrogens (primary N) is 1. The summed E-state index contributed by atoms with van der Waals surface area (Å²) in [5.41, 5.74) is 7.98. The summed E-state index contributed by atoms with van der Waals surface area (Å²) in [5, 5.41) is 7.14. The van der Waals surface area contributed by atoms with Gasteiger partial charge in [-0.05, 0) is 38.5 Å². The number of nitrogen functional groups attached to an aromatic ring is 1. The Kier molecular flexibility index (Phi) is 3.89. The smallest absolute Gasteiger partial charge is 0.276 e. The molecular formula is C15H24N4O2. The lowest BCUT2D eigenvalue weighted by Crippen LogP contribution is -2.42. The number of nitrogens with one attached hydrogen (secondary N) is 1. The van der Waals surface area contributed by atoms with Gasteiger partial charge in [0.15, 0.2) is 5.69 Å². The van der Waals surface area contributed by atoms with E-state index in [0.717, 1.165) is 18.5 Å². The van der Waals surface area contributed by atoms with E-state index in [9.17, 15) is 4.79 Å². The van der Waals surface area contributed by atoms with Gasteiger partial charge in [0.1, 0.15) is 0 Å². The molecule has 1 atom stereocenters. The number of hydrogen-bond acceptors (Lipinski definition) is 4. The summed E-state index contributed by atoms with van der Waals surface area (Å²) in [6.07, 6.45) is 4.65. The monoisotopic (exact) mass is 292 g/mol. The van der Waals surface area contributed by atoms with Crippen LogP contribution in [-0.2, 0) is 4.74 Å². The van der Waals surface area contributed by atoms with Gasteiger partial charge in [-0.3, -0.25) is 9.89 Å². The number of nitrogens with zero attached hydrogens (tertiary/aromatic N) is 2. The standard InChI is InChI=1S/C15H24N4O2/c1-9(10-3-4-10)19(7-8-21-2)15(20)14-12(16)13(17-18-14)11-5-6-11/h9-11H,3-8,16H2,1-2H3,(H,17,18). The third-order valence-electron chi connectivity index (χ3n) is 4.61. The minimum Gasteiger partial charge on any atom is -0.395 e. The molecule has 0 saturated heterocycles. The molecule has 3 N–H and O–H groups in total. The molecule has 21 heavy (non-hydrogen) atoms. The number of methoxy groups -OCH3 is 1. The predicted molar refractivity (Wildman–Crippen MR) is 80.1 cm³/mol. The predicted octanol–water partition coefficient (Wildman–Crippen LogP) is 1.76. The van der Waals surface area contributed by atoms with Gasteiger partial charge in [-0.2, -0.15) is 5.10 Å². The number of H-pyrrole nitrogens is 1. The van der Waals surface area contributed by atoms with E-state index >= 15 is 0 Å². The van der Waals surface area contributed by atoms with Gasteiger partial charge in [0.25, 0.3) is 5.91 Å². The van der Waals surface area contributed by atoms with Crippen LogP contribution < -0.4 is 5.73 Å². The summed E-state index contributed by atoms with van der Waals surface area (Å²) < 4.78 is 5.14. The number of ether oxygens (including phenoxy) is 1. The number of aromatic nitrogens is 2. The van der Waals surface area contributed by atoms with Crippen molar-refractivity contribution in [3.05, 3.63) is 11.4 Å². The molecule has 3 rings (SSSR count). The van der Waals surface area contributed by atoms with Crippen molar-refractivity contribution >= 4 is 11.6 Å². The third kappa shape index (κ3) is 2.90. The van der Waals surface area contributed by atoms with Crippen molar-refractivity contribution in [3.8, 4) is 0 Å². The highest BCUT2D eigenvalue weighted by molar-refractivity contribution is 5.98. The van der Waals surface area contributed by atoms with Crippen LogP contribution in [0.5, 0.6) is 0 Å². The Morgan fingerprint density at radius 1 is 1.48 bits per heavy atom. The Labute approximate surface area is 125 Å². The van der Waals surface area contributed by atoms with E-state index in [1.807, 2.05) is 4.90 Å². The fourth-order valence-electron chi connectivity index (χ4n) is 2.86. The maximum absolute atomic E-state index is 12.8. The molecule has 1 heterocycles. The minimum absolute atomic E-state index is 0.0768. The first kappa shape index (κ1) is 14.4. The van der Waals surface area contributed by atoms with Crippen molar-refractivity contribution < 1.29 is 9.53 Å². The molecule has 1 aromatic heterocycles. The van der Waals surface area contributed by atoms with Crippen molar-refractivity contribution in [2.24, 2.45) is 5.92 Å². The van der Waals surface area contributed by atoms with Crippen molar-refractivity contribution in [1.82, 2.24) is 15.1 Å². The zero-order valence-corrected chi connectivity index (χ0v) is 12.8. The third-order valence-corrected chi connectivity index (χ3v) is 4.61. The van der Waals surface area contributed by atoms with E-state index in [2.05, 4.69) is 17.1 Å². The van der Waals surface area contributed by atoms with Gasteiger partial charge in [0.05, 0.1) is 18.0 Å². The van der Waals surface area contributed by atoms with E-state index < -0.39 is 0 Å². The topological polar surface area (TPSA) is 84.2 Å². The van der Waals surface area contributed by atoms with E-state index in [0.29, 0.717) is 36.4 Å². The molecule has 1 amide bonds. The van der Waals surface area contributed by atoms with E-state index in [4.69, 9.17) is 10.5 Å². The molecular weight excluding hydrogens is 268 g/mol. The molecule has 0 bridgehead atoms. The molecule has 0 radical (unpaired) electrons.